The number of pyridine rings is 1. The Morgan fingerprint density at radius 2 is 2.00 bits per heavy atom. The molecule has 1 fully saturated rings. The highest BCUT2D eigenvalue weighted by Crippen LogP contribution is 2.28. The van der Waals surface area contributed by atoms with E-state index < -0.39 is 0 Å². The minimum absolute atomic E-state index is 0.700. The first kappa shape index (κ1) is 16.3. The van der Waals surface area contributed by atoms with Crippen LogP contribution in [0.25, 0.3) is 0 Å². The highest BCUT2D eigenvalue weighted by Gasteiger charge is 2.24. The van der Waals surface area contributed by atoms with E-state index in [4.69, 9.17) is 4.98 Å². The van der Waals surface area contributed by atoms with Crippen LogP contribution in [0, 0.1) is 12.8 Å². The van der Waals surface area contributed by atoms with E-state index in [1.54, 1.807) is 0 Å². The molecular formula is C18H31N3. The lowest BCUT2D eigenvalue weighted by atomic mass is 10.1. The third-order valence-electron chi connectivity index (χ3n) is 4.55. The van der Waals surface area contributed by atoms with Crippen LogP contribution in [0.3, 0.4) is 0 Å². The van der Waals surface area contributed by atoms with Gasteiger partial charge in [0.1, 0.15) is 5.82 Å². The van der Waals surface area contributed by atoms with Crippen molar-refractivity contribution < 1.29 is 0 Å². The third kappa shape index (κ3) is 4.44. The molecule has 21 heavy (non-hydrogen) atoms. The molecule has 1 aliphatic carbocycles. The average molecular weight is 289 g/mol. The van der Waals surface area contributed by atoms with Gasteiger partial charge in [-0.15, -0.1) is 0 Å². The number of aryl methyl sites for hydroxylation is 1. The van der Waals surface area contributed by atoms with E-state index in [-0.39, 0.29) is 0 Å². The monoisotopic (exact) mass is 289 g/mol. The molecule has 1 aromatic rings. The topological polar surface area (TPSA) is 28.2 Å². The lowest BCUT2D eigenvalue weighted by Crippen LogP contribution is -2.35. The Bertz CT molecular complexity index is 436. The van der Waals surface area contributed by atoms with E-state index in [1.165, 1.54) is 43.5 Å². The summed E-state index contributed by atoms with van der Waals surface area (Å²) in [6.07, 6.45) is 6.66. The van der Waals surface area contributed by atoms with E-state index in [0.29, 0.717) is 6.04 Å². The van der Waals surface area contributed by atoms with Crippen molar-refractivity contribution in [3.05, 3.63) is 23.4 Å². The zero-order valence-electron chi connectivity index (χ0n) is 14.2. The van der Waals surface area contributed by atoms with Gasteiger partial charge in [-0.1, -0.05) is 32.8 Å². The lowest BCUT2D eigenvalue weighted by molar-refractivity contribution is 0.524. The summed E-state index contributed by atoms with van der Waals surface area (Å²) < 4.78 is 0. The Balaban J connectivity index is 2.16. The number of rotatable bonds is 7. The van der Waals surface area contributed by atoms with E-state index in [0.717, 1.165) is 24.7 Å². The van der Waals surface area contributed by atoms with Crippen molar-refractivity contribution in [3.63, 3.8) is 0 Å². The first-order valence-corrected chi connectivity index (χ1v) is 8.49. The number of nitrogens with one attached hydrogen (secondary N) is 1. The molecule has 0 amide bonds. The van der Waals surface area contributed by atoms with Crippen LogP contribution in [0.15, 0.2) is 12.1 Å². The van der Waals surface area contributed by atoms with E-state index >= 15 is 0 Å². The van der Waals surface area contributed by atoms with Crippen LogP contribution in [0.5, 0.6) is 0 Å². The molecule has 1 aromatic heterocycles. The van der Waals surface area contributed by atoms with E-state index in [9.17, 15) is 0 Å². The summed E-state index contributed by atoms with van der Waals surface area (Å²) in [5.41, 5.74) is 2.46. The molecule has 0 saturated heterocycles. The van der Waals surface area contributed by atoms with Gasteiger partial charge in [-0.05, 0) is 50.8 Å². The van der Waals surface area contributed by atoms with Gasteiger partial charge in [-0.2, -0.15) is 0 Å². The molecule has 118 valence electrons. The van der Waals surface area contributed by atoms with Gasteiger partial charge in [0.25, 0.3) is 0 Å². The van der Waals surface area contributed by atoms with Gasteiger partial charge in [0.15, 0.2) is 0 Å². The first-order chi connectivity index (χ1) is 10.1. The van der Waals surface area contributed by atoms with Crippen LogP contribution in [0.1, 0.15) is 57.2 Å². The maximum absolute atomic E-state index is 4.90. The van der Waals surface area contributed by atoms with Crippen molar-refractivity contribution in [2.75, 3.05) is 18.5 Å². The zero-order valence-corrected chi connectivity index (χ0v) is 14.2. The lowest BCUT2D eigenvalue weighted by Gasteiger charge is -2.31. The van der Waals surface area contributed by atoms with Crippen molar-refractivity contribution in [1.82, 2.24) is 10.3 Å². The van der Waals surface area contributed by atoms with Gasteiger partial charge in [0.2, 0.25) is 0 Å². The fraction of sp³-hybridized carbons (Fsp3) is 0.722. The van der Waals surface area contributed by atoms with E-state index in [1.807, 2.05) is 7.05 Å². The Hall–Kier alpha value is -1.09. The van der Waals surface area contributed by atoms with Crippen LogP contribution in [-0.2, 0) is 6.54 Å². The molecule has 3 nitrogen and oxygen atoms in total. The summed E-state index contributed by atoms with van der Waals surface area (Å²) in [4.78, 5) is 7.47. The molecule has 0 bridgehead atoms. The summed E-state index contributed by atoms with van der Waals surface area (Å²) in [7, 11) is 1.99. The van der Waals surface area contributed by atoms with Gasteiger partial charge < -0.3 is 10.2 Å². The van der Waals surface area contributed by atoms with Crippen molar-refractivity contribution >= 4 is 5.82 Å². The Kier molecular flexibility index (Phi) is 6.04. The largest absolute Gasteiger partial charge is 0.354 e. The molecule has 2 rings (SSSR count). The predicted molar refractivity (Wildman–Crippen MR) is 90.8 cm³/mol. The number of hydrogen-bond donors (Lipinski definition) is 1. The highest BCUT2D eigenvalue weighted by atomic mass is 15.2. The van der Waals surface area contributed by atoms with Crippen molar-refractivity contribution in [3.8, 4) is 0 Å². The fourth-order valence-corrected chi connectivity index (χ4v) is 3.21. The van der Waals surface area contributed by atoms with Crippen molar-refractivity contribution in [2.45, 2.75) is 65.5 Å². The molecule has 0 unspecified atom stereocenters. The maximum Gasteiger partial charge on any atom is 0.129 e. The van der Waals surface area contributed by atoms with Crippen LogP contribution >= 0.6 is 0 Å². The fourth-order valence-electron chi connectivity index (χ4n) is 3.21. The van der Waals surface area contributed by atoms with Crippen LogP contribution in [0.2, 0.25) is 0 Å². The Morgan fingerprint density at radius 3 is 2.57 bits per heavy atom. The number of nitrogens with zero attached hydrogens (tertiary/aromatic N) is 2. The predicted octanol–water partition coefficient (Wildman–Crippen LogP) is 3.90. The summed E-state index contributed by atoms with van der Waals surface area (Å²) in [5.74, 6) is 1.93. The maximum atomic E-state index is 4.90. The standard InChI is InChI=1S/C18H31N3/c1-14(2)11-12-21(17-7-5-6-8-17)18-10-9-16(13-19-4)15(3)20-18/h9-10,14,17,19H,5-8,11-13H2,1-4H3. The van der Waals surface area contributed by atoms with Crippen LogP contribution in [0.4, 0.5) is 5.82 Å². The van der Waals surface area contributed by atoms with Gasteiger partial charge in [-0.25, -0.2) is 4.98 Å². The summed E-state index contributed by atoms with van der Waals surface area (Å²) in [6, 6.07) is 5.16. The molecule has 0 radical (unpaired) electrons. The quantitative estimate of drug-likeness (QED) is 0.825. The minimum Gasteiger partial charge on any atom is -0.354 e. The summed E-state index contributed by atoms with van der Waals surface area (Å²) in [5, 5.41) is 3.22. The molecule has 0 atom stereocenters. The molecule has 3 heteroatoms. The SMILES string of the molecule is CNCc1ccc(N(CCC(C)C)C2CCCC2)nc1C. The number of aromatic nitrogens is 1. The van der Waals surface area contributed by atoms with Gasteiger partial charge in [-0.3, -0.25) is 0 Å². The minimum atomic E-state index is 0.700. The van der Waals surface area contributed by atoms with Crippen molar-refractivity contribution in [1.29, 1.82) is 0 Å². The molecule has 1 heterocycles. The van der Waals surface area contributed by atoms with Gasteiger partial charge in [0, 0.05) is 24.8 Å². The third-order valence-corrected chi connectivity index (χ3v) is 4.55. The smallest absolute Gasteiger partial charge is 0.129 e. The molecule has 0 spiro atoms. The first-order valence-electron chi connectivity index (χ1n) is 8.49. The molecule has 1 saturated carbocycles. The molecule has 1 N–H and O–H groups in total. The number of hydrogen-bond acceptors (Lipinski definition) is 3. The normalized spacial score (nSPS) is 15.9. The molecular weight excluding hydrogens is 258 g/mol. The second-order valence-corrected chi connectivity index (χ2v) is 6.76. The Morgan fingerprint density at radius 1 is 1.29 bits per heavy atom. The molecule has 0 aromatic carbocycles. The van der Waals surface area contributed by atoms with Crippen LogP contribution in [-0.4, -0.2) is 24.6 Å². The summed E-state index contributed by atoms with van der Waals surface area (Å²) >= 11 is 0. The van der Waals surface area contributed by atoms with Crippen molar-refractivity contribution in [2.24, 2.45) is 5.92 Å². The average Bonchev–Trinajstić information content (AvgIpc) is 2.96. The molecule has 1 aliphatic rings. The van der Waals surface area contributed by atoms with Crippen LogP contribution < -0.4 is 10.2 Å². The second-order valence-electron chi connectivity index (χ2n) is 6.76. The van der Waals surface area contributed by atoms with Gasteiger partial charge in [0.05, 0.1) is 0 Å². The van der Waals surface area contributed by atoms with Gasteiger partial charge >= 0.3 is 0 Å². The second kappa shape index (κ2) is 7.79. The number of anilines is 1. The van der Waals surface area contributed by atoms with E-state index in [2.05, 4.69) is 43.1 Å². The summed E-state index contributed by atoms with van der Waals surface area (Å²) in [6.45, 7) is 8.78. The zero-order chi connectivity index (χ0) is 15.2. The highest BCUT2D eigenvalue weighted by molar-refractivity contribution is 5.43. The molecule has 0 aliphatic heterocycles. The Labute approximate surface area is 130 Å².